The first-order valence-corrected chi connectivity index (χ1v) is 8.83. The summed E-state index contributed by atoms with van der Waals surface area (Å²) in [5, 5.41) is 12.2. The van der Waals surface area contributed by atoms with Crippen LogP contribution in [-0.2, 0) is 10.0 Å². The van der Waals surface area contributed by atoms with Gasteiger partial charge in [0, 0.05) is 32.4 Å². The fourth-order valence-electron chi connectivity index (χ4n) is 2.71. The Hall–Kier alpha value is -1.18. The third kappa shape index (κ3) is 3.72. The summed E-state index contributed by atoms with van der Waals surface area (Å²) in [7, 11) is -3.59. The number of hydrogen-bond donors (Lipinski definition) is 2. The molecule has 6 nitrogen and oxygen atoms in total. The van der Waals surface area contributed by atoms with E-state index in [4.69, 9.17) is 5.11 Å². The van der Waals surface area contributed by atoms with Crippen molar-refractivity contribution in [2.45, 2.75) is 31.2 Å². The minimum absolute atomic E-state index is 0.0940. The molecule has 21 heavy (non-hydrogen) atoms. The summed E-state index contributed by atoms with van der Waals surface area (Å²) in [6, 6.07) is 3.46. The first-order chi connectivity index (χ1) is 10.1. The Labute approximate surface area is 126 Å². The van der Waals surface area contributed by atoms with Gasteiger partial charge in [0.15, 0.2) is 5.03 Å². The second kappa shape index (κ2) is 7.20. The molecule has 1 aliphatic heterocycles. The first kappa shape index (κ1) is 16.2. The van der Waals surface area contributed by atoms with Crippen molar-refractivity contribution in [1.82, 2.24) is 9.29 Å². The highest BCUT2D eigenvalue weighted by atomic mass is 32.2. The Balaban J connectivity index is 2.25. The van der Waals surface area contributed by atoms with Gasteiger partial charge < -0.3 is 10.4 Å². The number of aliphatic hydroxyl groups excluding tert-OH is 1. The highest BCUT2D eigenvalue weighted by molar-refractivity contribution is 7.89. The van der Waals surface area contributed by atoms with E-state index in [0.29, 0.717) is 31.7 Å². The molecule has 1 unspecified atom stereocenters. The number of pyridine rings is 1. The van der Waals surface area contributed by atoms with Crippen LogP contribution in [-0.4, -0.2) is 49.1 Å². The Kier molecular flexibility index (Phi) is 5.55. The van der Waals surface area contributed by atoms with E-state index in [2.05, 4.69) is 10.3 Å². The lowest BCUT2D eigenvalue weighted by Gasteiger charge is -2.31. The summed E-state index contributed by atoms with van der Waals surface area (Å²) in [6.07, 6.45) is 3.94. The summed E-state index contributed by atoms with van der Waals surface area (Å²) < 4.78 is 27.1. The average molecular weight is 313 g/mol. The molecule has 1 aromatic rings. The quantitative estimate of drug-likeness (QED) is 0.827. The monoisotopic (exact) mass is 313 g/mol. The summed E-state index contributed by atoms with van der Waals surface area (Å²) in [4.78, 5) is 4.07. The van der Waals surface area contributed by atoms with Crippen molar-refractivity contribution >= 4 is 15.7 Å². The van der Waals surface area contributed by atoms with Gasteiger partial charge in [-0.25, -0.2) is 13.4 Å². The number of nitrogens with zero attached hydrogens (tertiary/aromatic N) is 2. The zero-order valence-electron chi connectivity index (χ0n) is 12.3. The number of anilines is 1. The molecule has 0 aromatic carbocycles. The molecule has 2 N–H and O–H groups in total. The fourth-order valence-corrected chi connectivity index (χ4v) is 4.34. The number of piperidine rings is 1. The lowest BCUT2D eigenvalue weighted by atomic mass is 9.97. The number of rotatable bonds is 6. The van der Waals surface area contributed by atoms with E-state index in [0.717, 1.165) is 12.8 Å². The van der Waals surface area contributed by atoms with Crippen LogP contribution in [0.5, 0.6) is 0 Å². The molecule has 118 valence electrons. The molecule has 0 amide bonds. The molecule has 7 heteroatoms. The number of sulfonamides is 1. The van der Waals surface area contributed by atoms with Crippen LogP contribution in [0.15, 0.2) is 23.4 Å². The predicted octanol–water partition coefficient (Wildman–Crippen LogP) is 1.30. The normalized spacial score (nSPS) is 20.4. The van der Waals surface area contributed by atoms with E-state index in [-0.39, 0.29) is 17.6 Å². The molecule has 2 rings (SSSR count). The van der Waals surface area contributed by atoms with Crippen LogP contribution in [0.3, 0.4) is 0 Å². The topological polar surface area (TPSA) is 82.5 Å². The zero-order valence-corrected chi connectivity index (χ0v) is 13.1. The second-order valence-corrected chi connectivity index (χ2v) is 7.12. The van der Waals surface area contributed by atoms with E-state index >= 15 is 0 Å². The molecule has 1 aromatic heterocycles. The Morgan fingerprint density at radius 3 is 3.05 bits per heavy atom. The number of aromatic nitrogens is 1. The maximum absolute atomic E-state index is 12.8. The van der Waals surface area contributed by atoms with Gasteiger partial charge in [0.1, 0.15) is 0 Å². The maximum Gasteiger partial charge on any atom is 0.262 e. The number of aliphatic hydroxyl groups is 1. The first-order valence-electron chi connectivity index (χ1n) is 7.39. The molecule has 1 fully saturated rings. The van der Waals surface area contributed by atoms with E-state index in [9.17, 15) is 8.42 Å². The van der Waals surface area contributed by atoms with Crippen molar-refractivity contribution in [3.8, 4) is 0 Å². The van der Waals surface area contributed by atoms with E-state index in [1.54, 1.807) is 12.1 Å². The van der Waals surface area contributed by atoms with Crippen LogP contribution in [0.1, 0.15) is 26.2 Å². The number of nitrogens with one attached hydrogen (secondary N) is 1. The Morgan fingerprint density at radius 1 is 1.52 bits per heavy atom. The van der Waals surface area contributed by atoms with Crippen LogP contribution in [0.4, 0.5) is 5.69 Å². The molecular weight excluding hydrogens is 290 g/mol. The van der Waals surface area contributed by atoms with Gasteiger partial charge in [-0.05, 0) is 44.2 Å². The molecule has 0 aliphatic carbocycles. The molecule has 0 saturated carbocycles. The van der Waals surface area contributed by atoms with Gasteiger partial charge >= 0.3 is 0 Å². The van der Waals surface area contributed by atoms with Gasteiger partial charge in [0.2, 0.25) is 0 Å². The molecule has 0 bridgehead atoms. The van der Waals surface area contributed by atoms with Gasteiger partial charge in [-0.1, -0.05) is 0 Å². The van der Waals surface area contributed by atoms with Crippen molar-refractivity contribution in [2.24, 2.45) is 5.92 Å². The smallest absolute Gasteiger partial charge is 0.262 e. The predicted molar refractivity (Wildman–Crippen MR) is 81.6 cm³/mol. The summed E-state index contributed by atoms with van der Waals surface area (Å²) in [5.41, 5.74) is 0.546. The largest absolute Gasteiger partial charge is 0.396 e. The molecule has 1 aliphatic rings. The molecule has 1 saturated heterocycles. The lowest BCUT2D eigenvalue weighted by Crippen LogP contribution is -2.40. The third-order valence-corrected chi connectivity index (χ3v) is 5.57. The zero-order chi connectivity index (χ0) is 15.3. The van der Waals surface area contributed by atoms with Crippen LogP contribution < -0.4 is 5.32 Å². The number of hydrogen-bond acceptors (Lipinski definition) is 5. The van der Waals surface area contributed by atoms with Gasteiger partial charge in [-0.3, -0.25) is 0 Å². The van der Waals surface area contributed by atoms with E-state index in [1.807, 2.05) is 6.92 Å². The van der Waals surface area contributed by atoms with Crippen molar-refractivity contribution < 1.29 is 13.5 Å². The molecular formula is C14H23N3O3S. The highest BCUT2D eigenvalue weighted by Crippen LogP contribution is 2.27. The van der Waals surface area contributed by atoms with E-state index < -0.39 is 10.0 Å². The van der Waals surface area contributed by atoms with Crippen LogP contribution in [0.25, 0.3) is 0 Å². The summed E-state index contributed by atoms with van der Waals surface area (Å²) in [5.74, 6) is 0.227. The van der Waals surface area contributed by atoms with Crippen molar-refractivity contribution in [1.29, 1.82) is 0 Å². The van der Waals surface area contributed by atoms with E-state index in [1.165, 1.54) is 10.5 Å². The molecule has 2 heterocycles. The second-order valence-electron chi connectivity index (χ2n) is 5.27. The van der Waals surface area contributed by atoms with Gasteiger partial charge in [-0.15, -0.1) is 0 Å². The summed E-state index contributed by atoms with van der Waals surface area (Å²) in [6.45, 7) is 3.64. The maximum atomic E-state index is 12.8. The van der Waals surface area contributed by atoms with Gasteiger partial charge in [-0.2, -0.15) is 4.31 Å². The SMILES string of the molecule is CCNc1cccnc1S(=O)(=O)N1CCCC(CCO)C1. The van der Waals surface area contributed by atoms with Gasteiger partial charge in [0.25, 0.3) is 10.0 Å². The third-order valence-electron chi connectivity index (χ3n) is 3.74. The fraction of sp³-hybridized carbons (Fsp3) is 0.643. The van der Waals surface area contributed by atoms with Crippen molar-refractivity contribution in [3.63, 3.8) is 0 Å². The van der Waals surface area contributed by atoms with Crippen LogP contribution in [0.2, 0.25) is 0 Å². The molecule has 0 spiro atoms. The average Bonchev–Trinajstić information content (AvgIpc) is 2.49. The molecule has 1 atom stereocenters. The summed E-state index contributed by atoms with van der Waals surface area (Å²) >= 11 is 0. The lowest BCUT2D eigenvalue weighted by molar-refractivity contribution is 0.202. The van der Waals surface area contributed by atoms with Crippen LogP contribution in [0, 0.1) is 5.92 Å². The highest BCUT2D eigenvalue weighted by Gasteiger charge is 2.32. The van der Waals surface area contributed by atoms with Crippen molar-refractivity contribution in [3.05, 3.63) is 18.3 Å². The molecule has 0 radical (unpaired) electrons. The van der Waals surface area contributed by atoms with Crippen LogP contribution >= 0.6 is 0 Å². The Bertz CT molecular complexity index is 560. The van der Waals surface area contributed by atoms with Crippen molar-refractivity contribution in [2.75, 3.05) is 31.6 Å². The minimum Gasteiger partial charge on any atom is -0.396 e. The van der Waals surface area contributed by atoms with Gasteiger partial charge in [0.05, 0.1) is 5.69 Å². The Morgan fingerprint density at radius 2 is 2.33 bits per heavy atom. The standard InChI is InChI=1S/C14H23N3O3S/c1-2-15-13-6-3-8-16-14(13)21(19,20)17-9-4-5-12(11-17)7-10-18/h3,6,8,12,15,18H,2,4-5,7,9-11H2,1H3. The minimum atomic E-state index is -3.59.